The Labute approximate surface area is 196 Å². The van der Waals surface area contributed by atoms with Gasteiger partial charge in [0.15, 0.2) is 0 Å². The van der Waals surface area contributed by atoms with Gasteiger partial charge in [0, 0.05) is 25.9 Å². The molecule has 6 nitrogen and oxygen atoms in total. The third-order valence-electron chi connectivity index (χ3n) is 5.40. The molecule has 0 saturated carbocycles. The van der Waals surface area contributed by atoms with Gasteiger partial charge in [-0.2, -0.15) is 0 Å². The lowest BCUT2D eigenvalue weighted by Crippen LogP contribution is -2.20. The second-order valence-electron chi connectivity index (χ2n) is 7.91. The van der Waals surface area contributed by atoms with Crippen LogP contribution in [0.4, 0.5) is 0 Å². The van der Waals surface area contributed by atoms with E-state index in [1.807, 2.05) is 24.3 Å². The Kier molecular flexibility index (Phi) is 9.69. The van der Waals surface area contributed by atoms with Crippen molar-refractivity contribution < 1.29 is 9.47 Å². The minimum atomic E-state index is 0. The normalized spacial score (nSPS) is 14.6. The van der Waals surface area contributed by atoms with E-state index in [1.165, 1.54) is 11.1 Å². The van der Waals surface area contributed by atoms with Crippen molar-refractivity contribution in [3.63, 3.8) is 0 Å². The molecule has 0 spiro atoms. The third kappa shape index (κ3) is 7.75. The lowest BCUT2D eigenvalue weighted by molar-refractivity contribution is 0.279. The Hall–Kier alpha value is -2.73. The molecule has 2 N–H and O–H groups in total. The van der Waals surface area contributed by atoms with Gasteiger partial charge in [-0.25, -0.2) is 0 Å². The summed E-state index contributed by atoms with van der Waals surface area (Å²) in [7, 11) is 0. The van der Waals surface area contributed by atoms with E-state index in [0.29, 0.717) is 0 Å². The monoisotopic (exact) mass is 456 g/mol. The van der Waals surface area contributed by atoms with Crippen LogP contribution in [0.2, 0.25) is 0 Å². The molecular weight excluding hydrogens is 424 g/mol. The highest BCUT2D eigenvalue weighted by atomic mass is 35.5. The maximum Gasteiger partial charge on any atom is 0.119 e. The average Bonchev–Trinajstić information content (AvgIpc) is 3.50. The van der Waals surface area contributed by atoms with Crippen molar-refractivity contribution in [2.45, 2.75) is 32.1 Å². The Bertz CT molecular complexity index is 808. The van der Waals surface area contributed by atoms with Crippen molar-refractivity contribution >= 4 is 24.1 Å². The summed E-state index contributed by atoms with van der Waals surface area (Å²) >= 11 is 0. The summed E-state index contributed by atoms with van der Waals surface area (Å²) in [6.45, 7) is 5.18. The zero-order chi connectivity index (χ0) is 21.1. The summed E-state index contributed by atoms with van der Waals surface area (Å²) in [6, 6.07) is 16.7. The van der Waals surface area contributed by atoms with Crippen LogP contribution in [0.15, 0.2) is 58.5 Å². The van der Waals surface area contributed by atoms with Gasteiger partial charge in [0.1, 0.15) is 23.2 Å². The number of ether oxygens (including phenoxy) is 2. The quantitative estimate of drug-likeness (QED) is 0.476. The van der Waals surface area contributed by atoms with Crippen molar-refractivity contribution in [1.29, 1.82) is 0 Å². The van der Waals surface area contributed by atoms with Crippen LogP contribution in [0.5, 0.6) is 11.5 Å². The molecule has 0 atom stereocenters. The molecule has 0 radical (unpaired) electrons. The highest BCUT2D eigenvalue weighted by Crippen LogP contribution is 2.15. The molecule has 172 valence electrons. The number of hydrogen-bond acceptors (Lipinski definition) is 6. The number of aliphatic imine (C=N–C) groups is 2. The fourth-order valence-electron chi connectivity index (χ4n) is 3.69. The molecule has 4 rings (SSSR count). The van der Waals surface area contributed by atoms with Gasteiger partial charge in [0.2, 0.25) is 0 Å². The minimum absolute atomic E-state index is 0. The molecule has 0 amide bonds. The fraction of sp³-hybridized carbons (Fsp3) is 0.440. The number of unbranched alkanes of at least 4 members (excludes halogenated alkanes) is 2. The molecule has 0 aromatic heterocycles. The standard InChI is InChI=1S/C25H32N4O2.ClH/c1(2-16-30-22-8-4-20(5-9-22)18-24-26-12-13-27-24)3-17-31-23-10-6-21(7-11-23)19-25-28-14-15-29-25;/h4-11H,1-3,12-19H2,(H,26,27)(H,28,29);1H. The Balaban J connectivity index is 0.00000289. The molecule has 0 saturated heterocycles. The van der Waals surface area contributed by atoms with Gasteiger partial charge in [0.25, 0.3) is 0 Å². The van der Waals surface area contributed by atoms with Crippen LogP contribution in [0, 0.1) is 0 Å². The second kappa shape index (κ2) is 13.0. The number of benzene rings is 2. The molecule has 0 aliphatic carbocycles. The number of rotatable bonds is 12. The van der Waals surface area contributed by atoms with Crippen LogP contribution in [0.25, 0.3) is 0 Å². The van der Waals surface area contributed by atoms with Gasteiger partial charge in [-0.1, -0.05) is 24.3 Å². The van der Waals surface area contributed by atoms with Crippen LogP contribution in [0.3, 0.4) is 0 Å². The van der Waals surface area contributed by atoms with Crippen molar-refractivity contribution in [3.8, 4) is 11.5 Å². The number of halogens is 1. The lowest BCUT2D eigenvalue weighted by Gasteiger charge is -2.09. The Morgan fingerprint density at radius 3 is 1.44 bits per heavy atom. The summed E-state index contributed by atoms with van der Waals surface area (Å²) in [5, 5.41) is 6.61. The molecule has 32 heavy (non-hydrogen) atoms. The molecular formula is C25H33ClN4O2. The third-order valence-corrected chi connectivity index (χ3v) is 5.40. The van der Waals surface area contributed by atoms with Gasteiger partial charge < -0.3 is 20.1 Å². The topological polar surface area (TPSA) is 67.2 Å². The highest BCUT2D eigenvalue weighted by Gasteiger charge is 2.07. The van der Waals surface area contributed by atoms with E-state index in [2.05, 4.69) is 44.9 Å². The van der Waals surface area contributed by atoms with E-state index in [4.69, 9.17) is 9.47 Å². The molecule has 0 bridgehead atoms. The van der Waals surface area contributed by atoms with Gasteiger partial charge in [0.05, 0.1) is 26.3 Å². The zero-order valence-corrected chi connectivity index (χ0v) is 19.3. The molecule has 2 aromatic rings. The van der Waals surface area contributed by atoms with Gasteiger partial charge >= 0.3 is 0 Å². The smallest absolute Gasteiger partial charge is 0.119 e. The fourth-order valence-corrected chi connectivity index (χ4v) is 3.69. The molecule has 7 heteroatoms. The van der Waals surface area contributed by atoms with E-state index in [-0.39, 0.29) is 12.4 Å². The second-order valence-corrected chi connectivity index (χ2v) is 7.91. The number of nitrogens with one attached hydrogen (secondary N) is 2. The van der Waals surface area contributed by atoms with Crippen LogP contribution in [-0.2, 0) is 12.8 Å². The number of nitrogens with zero attached hydrogens (tertiary/aromatic N) is 2. The maximum atomic E-state index is 5.86. The number of hydrogen-bond donors (Lipinski definition) is 2. The first kappa shape index (κ1) is 23.9. The maximum absolute atomic E-state index is 5.86. The van der Waals surface area contributed by atoms with Crippen molar-refractivity contribution in [3.05, 3.63) is 59.7 Å². The molecule has 0 unspecified atom stereocenters. The Morgan fingerprint density at radius 2 is 1.06 bits per heavy atom. The van der Waals surface area contributed by atoms with Crippen molar-refractivity contribution in [2.75, 3.05) is 39.4 Å². The largest absolute Gasteiger partial charge is 0.494 e. The van der Waals surface area contributed by atoms with Crippen LogP contribution in [0.1, 0.15) is 30.4 Å². The van der Waals surface area contributed by atoms with Crippen molar-refractivity contribution in [2.24, 2.45) is 9.98 Å². The number of amidine groups is 2. The average molecular weight is 457 g/mol. The van der Waals surface area contributed by atoms with E-state index in [9.17, 15) is 0 Å². The predicted molar refractivity (Wildman–Crippen MR) is 133 cm³/mol. The molecule has 2 aliphatic rings. The van der Waals surface area contributed by atoms with Gasteiger partial charge in [-0.05, 0) is 54.7 Å². The van der Waals surface area contributed by atoms with E-state index >= 15 is 0 Å². The molecule has 2 heterocycles. The first-order valence-electron chi connectivity index (χ1n) is 11.3. The van der Waals surface area contributed by atoms with Crippen LogP contribution < -0.4 is 20.1 Å². The van der Waals surface area contributed by atoms with Crippen molar-refractivity contribution in [1.82, 2.24) is 10.6 Å². The van der Waals surface area contributed by atoms with Crippen LogP contribution in [-0.4, -0.2) is 51.1 Å². The van der Waals surface area contributed by atoms with E-state index in [1.54, 1.807) is 0 Å². The minimum Gasteiger partial charge on any atom is -0.494 e. The highest BCUT2D eigenvalue weighted by molar-refractivity contribution is 5.86. The predicted octanol–water partition coefficient (Wildman–Crippen LogP) is 3.82. The first-order chi connectivity index (χ1) is 15.3. The lowest BCUT2D eigenvalue weighted by atomic mass is 10.1. The molecule has 2 aromatic carbocycles. The summed E-state index contributed by atoms with van der Waals surface area (Å²) in [5.74, 6) is 4.03. The SMILES string of the molecule is Cl.c1cc(OCCCCCOc2ccc(CC3=NCCN3)cc2)ccc1CC1=NCCN1. The molecule has 0 fully saturated rings. The summed E-state index contributed by atoms with van der Waals surface area (Å²) in [4.78, 5) is 8.88. The Morgan fingerprint density at radius 1 is 0.625 bits per heavy atom. The first-order valence-corrected chi connectivity index (χ1v) is 11.3. The molecule has 2 aliphatic heterocycles. The van der Waals surface area contributed by atoms with E-state index < -0.39 is 0 Å². The zero-order valence-electron chi connectivity index (χ0n) is 18.5. The van der Waals surface area contributed by atoms with Gasteiger partial charge in [-0.3, -0.25) is 9.98 Å². The van der Waals surface area contributed by atoms with Crippen LogP contribution >= 0.6 is 12.4 Å². The summed E-state index contributed by atoms with van der Waals surface area (Å²) < 4.78 is 11.7. The summed E-state index contributed by atoms with van der Waals surface area (Å²) in [5.41, 5.74) is 2.52. The summed E-state index contributed by atoms with van der Waals surface area (Å²) in [6.07, 6.45) is 4.89. The van der Waals surface area contributed by atoms with Gasteiger partial charge in [-0.15, -0.1) is 12.4 Å². The van der Waals surface area contributed by atoms with E-state index in [0.717, 1.165) is 94.7 Å².